The van der Waals surface area contributed by atoms with Gasteiger partial charge in [-0.25, -0.2) is 4.79 Å². The van der Waals surface area contributed by atoms with Crippen LogP contribution in [0.1, 0.15) is 71.2 Å². The summed E-state index contributed by atoms with van der Waals surface area (Å²) in [5.74, 6) is -1.12. The van der Waals surface area contributed by atoms with Crippen LogP contribution in [0.15, 0.2) is 42.0 Å². The zero-order chi connectivity index (χ0) is 25.3. The van der Waals surface area contributed by atoms with E-state index >= 15 is 0 Å². The largest absolute Gasteiger partial charge is 0.462 e. The zero-order valence-electron chi connectivity index (χ0n) is 21.5. The van der Waals surface area contributed by atoms with Gasteiger partial charge in [-0.2, -0.15) is 0 Å². The molecule has 0 N–H and O–H groups in total. The molecule has 0 aromatic heterocycles. The van der Waals surface area contributed by atoms with Crippen molar-refractivity contribution < 1.29 is 28.6 Å². The number of hydrogen-bond acceptors (Lipinski definition) is 6. The minimum absolute atomic E-state index is 0.123. The number of benzene rings is 1. The third-order valence-corrected chi connectivity index (χ3v) is 9.19. The number of ketones is 1. The van der Waals surface area contributed by atoms with Gasteiger partial charge in [0, 0.05) is 13.3 Å². The van der Waals surface area contributed by atoms with Crippen molar-refractivity contribution in [2.24, 2.45) is 29.1 Å². The summed E-state index contributed by atoms with van der Waals surface area (Å²) in [6.45, 7) is 11.7. The van der Waals surface area contributed by atoms with E-state index in [1.54, 1.807) is 24.3 Å². The summed E-state index contributed by atoms with van der Waals surface area (Å²) in [5, 5.41) is 0. The van der Waals surface area contributed by atoms with Crippen molar-refractivity contribution in [1.82, 2.24) is 0 Å². The Labute approximate surface area is 207 Å². The molecule has 5 rings (SSSR count). The summed E-state index contributed by atoms with van der Waals surface area (Å²) in [6, 6.07) is 8.73. The first kappa shape index (κ1) is 24.2. The Morgan fingerprint density at radius 3 is 2.46 bits per heavy atom. The maximum absolute atomic E-state index is 14.3. The van der Waals surface area contributed by atoms with Crippen LogP contribution in [0.25, 0.3) is 0 Å². The van der Waals surface area contributed by atoms with Crippen LogP contribution in [0.3, 0.4) is 0 Å². The molecule has 188 valence electrons. The molecule has 35 heavy (non-hydrogen) atoms. The van der Waals surface area contributed by atoms with E-state index in [2.05, 4.69) is 26.8 Å². The van der Waals surface area contributed by atoms with Gasteiger partial charge in [0.25, 0.3) is 0 Å². The highest BCUT2D eigenvalue weighted by Gasteiger charge is 2.72. The predicted molar refractivity (Wildman–Crippen MR) is 129 cm³/mol. The number of Topliss-reactive ketones (excluding diaryl/α,β-unsaturated/α-hetero) is 1. The van der Waals surface area contributed by atoms with Gasteiger partial charge in [-0.05, 0) is 67.6 Å². The number of esters is 2. The fraction of sp³-hybridized carbons (Fsp3) is 0.621. The molecule has 4 aliphatic rings. The van der Waals surface area contributed by atoms with Crippen molar-refractivity contribution >= 4 is 17.7 Å². The number of rotatable bonds is 3. The van der Waals surface area contributed by atoms with Gasteiger partial charge in [0.05, 0.1) is 23.2 Å². The zero-order valence-corrected chi connectivity index (χ0v) is 21.5. The van der Waals surface area contributed by atoms with Crippen LogP contribution in [0.2, 0.25) is 0 Å². The Balaban J connectivity index is 1.62. The molecular formula is C29H36O6. The van der Waals surface area contributed by atoms with Crippen molar-refractivity contribution in [3.63, 3.8) is 0 Å². The summed E-state index contributed by atoms with van der Waals surface area (Å²) >= 11 is 0. The first-order chi connectivity index (χ1) is 16.4. The van der Waals surface area contributed by atoms with Crippen LogP contribution >= 0.6 is 0 Å². The minimum atomic E-state index is -1.46. The van der Waals surface area contributed by atoms with E-state index in [-0.39, 0.29) is 29.6 Å². The van der Waals surface area contributed by atoms with E-state index in [0.717, 1.165) is 12.8 Å². The van der Waals surface area contributed by atoms with Gasteiger partial charge >= 0.3 is 11.9 Å². The number of carbonyl (C=O) groups is 3. The van der Waals surface area contributed by atoms with Crippen molar-refractivity contribution in [1.29, 1.82) is 0 Å². The first-order valence-electron chi connectivity index (χ1n) is 12.8. The molecular weight excluding hydrogens is 444 g/mol. The van der Waals surface area contributed by atoms with Gasteiger partial charge in [-0.1, -0.05) is 45.0 Å². The van der Waals surface area contributed by atoms with Gasteiger partial charge in [-0.15, -0.1) is 0 Å². The third kappa shape index (κ3) is 3.85. The second-order valence-electron chi connectivity index (χ2n) is 11.9. The summed E-state index contributed by atoms with van der Waals surface area (Å²) in [5.41, 5.74) is -0.793. The highest BCUT2D eigenvalue weighted by atomic mass is 16.6. The van der Waals surface area contributed by atoms with E-state index in [9.17, 15) is 14.4 Å². The van der Waals surface area contributed by atoms with Gasteiger partial charge in [0.2, 0.25) is 5.78 Å². The molecule has 3 fully saturated rings. The van der Waals surface area contributed by atoms with E-state index in [1.165, 1.54) is 6.92 Å². The maximum atomic E-state index is 14.3. The Hall–Kier alpha value is -2.47. The quantitative estimate of drug-likeness (QED) is 0.452. The Kier molecular flexibility index (Phi) is 5.55. The van der Waals surface area contributed by atoms with Crippen molar-refractivity contribution in [3.05, 3.63) is 47.5 Å². The molecule has 0 amide bonds. The van der Waals surface area contributed by atoms with Crippen molar-refractivity contribution in [2.75, 3.05) is 0 Å². The Bertz CT molecular complexity index is 1090. The highest BCUT2D eigenvalue weighted by Crippen LogP contribution is 2.65. The molecule has 1 saturated heterocycles. The Morgan fingerprint density at radius 2 is 1.80 bits per heavy atom. The molecule has 1 aromatic rings. The van der Waals surface area contributed by atoms with Crippen LogP contribution < -0.4 is 0 Å². The summed E-state index contributed by atoms with van der Waals surface area (Å²) in [4.78, 5) is 39.8. The normalized spacial score (nSPS) is 42.8. The highest BCUT2D eigenvalue weighted by molar-refractivity contribution is 6.04. The molecule has 0 bridgehead atoms. The summed E-state index contributed by atoms with van der Waals surface area (Å²) < 4.78 is 18.4. The molecule has 0 spiro atoms. The van der Waals surface area contributed by atoms with Crippen LogP contribution in [0.5, 0.6) is 0 Å². The second-order valence-corrected chi connectivity index (χ2v) is 11.9. The number of hydrogen-bond donors (Lipinski definition) is 0. The summed E-state index contributed by atoms with van der Waals surface area (Å²) in [7, 11) is 0. The molecule has 8 atom stereocenters. The number of epoxide rings is 1. The van der Waals surface area contributed by atoms with Gasteiger partial charge in [-0.3, -0.25) is 9.59 Å². The van der Waals surface area contributed by atoms with Crippen LogP contribution in [-0.2, 0) is 23.8 Å². The maximum Gasteiger partial charge on any atom is 0.339 e. The molecule has 6 nitrogen and oxygen atoms in total. The lowest BCUT2D eigenvalue weighted by Crippen LogP contribution is -2.52. The molecule has 1 aliphatic heterocycles. The molecule has 1 heterocycles. The molecule has 2 saturated carbocycles. The number of allylic oxidation sites excluding steroid dienone is 1. The lowest BCUT2D eigenvalue weighted by atomic mass is 9.77. The molecule has 0 radical (unpaired) electrons. The number of ether oxygens (including phenoxy) is 3. The molecule has 6 heteroatoms. The SMILES string of the molecule is CC(=O)O[C@@H]1[C@@H]2[C@H]3O[C@]3(C)CC[C@H]3[C@H](/C=C(\C)C(=O)[C@@]2(OC(=O)c2ccccc2)C[C@@H]1C)C3(C)C. The summed E-state index contributed by atoms with van der Waals surface area (Å²) in [6.07, 6.45) is 3.31. The lowest BCUT2D eigenvalue weighted by Gasteiger charge is -2.35. The first-order valence-corrected chi connectivity index (χ1v) is 12.8. The van der Waals surface area contributed by atoms with Crippen molar-refractivity contribution in [3.8, 4) is 0 Å². The minimum Gasteiger partial charge on any atom is -0.462 e. The van der Waals surface area contributed by atoms with Crippen LogP contribution in [-0.4, -0.2) is 41.1 Å². The van der Waals surface area contributed by atoms with Gasteiger partial charge in [0.1, 0.15) is 6.10 Å². The average Bonchev–Trinajstić information content (AvgIpc) is 3.57. The van der Waals surface area contributed by atoms with E-state index in [1.807, 2.05) is 19.9 Å². The molecule has 1 aromatic carbocycles. The van der Waals surface area contributed by atoms with E-state index in [0.29, 0.717) is 23.0 Å². The van der Waals surface area contributed by atoms with Crippen LogP contribution in [0, 0.1) is 29.1 Å². The smallest absolute Gasteiger partial charge is 0.339 e. The molecule has 0 unspecified atom stereocenters. The number of fused-ring (bicyclic) bond motifs is 4. The topological polar surface area (TPSA) is 82.2 Å². The third-order valence-electron chi connectivity index (χ3n) is 9.19. The standard InChI is InChI=1S/C29H36O6/c1-16-14-21-20(27(21,4)5)12-13-28(6)25(34-28)22-23(33-18(3)30)17(2)15-29(22,24(16)31)35-26(32)19-10-8-7-9-11-19/h7-11,14,17,20-23,25H,12-13,15H2,1-6H3/b16-14+/t17-,20-,21-,22+,23-,25+,28+,29+/m0/s1. The average molecular weight is 481 g/mol. The number of carbonyl (C=O) groups excluding carboxylic acids is 3. The fourth-order valence-electron chi connectivity index (χ4n) is 7.05. The van der Waals surface area contributed by atoms with Gasteiger partial charge in [0.15, 0.2) is 5.60 Å². The monoisotopic (exact) mass is 480 g/mol. The predicted octanol–water partition coefficient (Wildman–Crippen LogP) is 4.91. The van der Waals surface area contributed by atoms with Crippen molar-refractivity contribution in [2.45, 2.75) is 84.2 Å². The molecule has 3 aliphatic carbocycles. The van der Waals surface area contributed by atoms with E-state index < -0.39 is 35.2 Å². The van der Waals surface area contributed by atoms with Gasteiger partial charge < -0.3 is 14.2 Å². The van der Waals surface area contributed by atoms with Crippen LogP contribution in [0.4, 0.5) is 0 Å². The van der Waals surface area contributed by atoms with E-state index in [4.69, 9.17) is 14.2 Å². The Morgan fingerprint density at radius 1 is 1.11 bits per heavy atom. The lowest BCUT2D eigenvalue weighted by molar-refractivity contribution is -0.156. The fourth-order valence-corrected chi connectivity index (χ4v) is 7.05. The second kappa shape index (κ2) is 8.02.